The zero-order valence-electron chi connectivity index (χ0n) is 18.9. The van der Waals surface area contributed by atoms with Crippen LogP contribution in [0.1, 0.15) is 6.92 Å². The summed E-state index contributed by atoms with van der Waals surface area (Å²) in [5.41, 5.74) is 10.8. The van der Waals surface area contributed by atoms with Gasteiger partial charge in [-0.25, -0.2) is 18.4 Å². The molecule has 10 nitrogen and oxygen atoms in total. The van der Waals surface area contributed by atoms with E-state index in [4.69, 9.17) is 10.5 Å². The highest BCUT2D eigenvalue weighted by Gasteiger charge is 2.15. The third-order valence-corrected chi connectivity index (χ3v) is 7.46. The zero-order valence-corrected chi connectivity index (χ0v) is 19.7. The van der Waals surface area contributed by atoms with Gasteiger partial charge in [-0.05, 0) is 52.7 Å². The van der Waals surface area contributed by atoms with Crippen LogP contribution in [-0.4, -0.2) is 51.9 Å². The molecule has 0 bridgehead atoms. The van der Waals surface area contributed by atoms with Crippen molar-refractivity contribution in [3.05, 3.63) is 60.8 Å². The minimum atomic E-state index is -3.28. The van der Waals surface area contributed by atoms with Gasteiger partial charge in [-0.1, -0.05) is 25.1 Å². The van der Waals surface area contributed by atoms with E-state index in [1.54, 1.807) is 37.4 Å². The van der Waals surface area contributed by atoms with E-state index in [1.807, 2.05) is 30.3 Å². The summed E-state index contributed by atoms with van der Waals surface area (Å²) in [6, 6.07) is 16.3. The normalized spacial score (nSPS) is 11.6. The molecule has 0 saturated carbocycles. The molecule has 3 N–H and O–H groups in total. The summed E-state index contributed by atoms with van der Waals surface area (Å²) >= 11 is 0. The number of nitrogens with zero attached hydrogens (tertiary/aromatic N) is 5. The summed E-state index contributed by atoms with van der Waals surface area (Å²) in [5, 5.41) is 15.0. The lowest BCUT2D eigenvalue weighted by Crippen LogP contribution is -2.03. The van der Waals surface area contributed by atoms with Crippen LogP contribution < -0.4 is 10.5 Å². The minimum absolute atomic E-state index is 0.0451. The first kappa shape index (κ1) is 22.4. The van der Waals surface area contributed by atoms with E-state index in [0.29, 0.717) is 23.1 Å². The molecule has 0 amide bonds. The maximum Gasteiger partial charge on any atom is 0.224 e. The van der Waals surface area contributed by atoms with Crippen LogP contribution in [0.2, 0.25) is 0 Å². The molecule has 0 spiro atoms. The summed E-state index contributed by atoms with van der Waals surface area (Å²) in [6.45, 7) is 1.62. The predicted octanol–water partition coefficient (Wildman–Crippen LogP) is 3.53. The molecule has 0 atom stereocenters. The Morgan fingerprint density at radius 3 is 2.43 bits per heavy atom. The van der Waals surface area contributed by atoms with Gasteiger partial charge in [-0.2, -0.15) is 5.21 Å². The van der Waals surface area contributed by atoms with Crippen molar-refractivity contribution in [3.63, 3.8) is 0 Å². The second-order valence-corrected chi connectivity index (χ2v) is 10.1. The molecule has 5 aromatic rings. The molecule has 0 fully saturated rings. The fourth-order valence-corrected chi connectivity index (χ4v) is 4.70. The topological polar surface area (TPSA) is 150 Å². The second-order valence-electron chi connectivity index (χ2n) is 7.77. The fraction of sp³-hybridized carbons (Fsp3) is 0.125. The number of methoxy groups -OCH3 is 1. The molecule has 0 unspecified atom stereocenters. The van der Waals surface area contributed by atoms with Crippen LogP contribution >= 0.6 is 0 Å². The molecular formula is C24H21N7O3S. The van der Waals surface area contributed by atoms with Crippen molar-refractivity contribution in [1.29, 1.82) is 0 Å². The first-order valence-electron chi connectivity index (χ1n) is 10.7. The Bertz CT molecular complexity index is 1630. The summed E-state index contributed by atoms with van der Waals surface area (Å²) in [4.78, 5) is 9.23. The lowest BCUT2D eigenvalue weighted by Gasteiger charge is -2.11. The van der Waals surface area contributed by atoms with E-state index in [-0.39, 0.29) is 10.6 Å². The molecule has 11 heteroatoms. The van der Waals surface area contributed by atoms with Crippen molar-refractivity contribution < 1.29 is 13.2 Å². The van der Waals surface area contributed by atoms with Crippen LogP contribution in [0.3, 0.4) is 0 Å². The van der Waals surface area contributed by atoms with E-state index in [2.05, 4.69) is 30.6 Å². The van der Waals surface area contributed by atoms with Crippen molar-refractivity contribution in [1.82, 2.24) is 30.6 Å². The number of anilines is 1. The number of sulfone groups is 1. The number of nitrogens with one attached hydrogen (secondary N) is 1. The molecule has 176 valence electrons. The second kappa shape index (κ2) is 8.76. The number of benzene rings is 2. The first-order valence-corrected chi connectivity index (χ1v) is 12.4. The summed E-state index contributed by atoms with van der Waals surface area (Å²) < 4.78 is 29.6. The predicted molar refractivity (Wildman–Crippen MR) is 132 cm³/mol. The van der Waals surface area contributed by atoms with Crippen LogP contribution in [0.5, 0.6) is 5.88 Å². The number of ether oxygens (including phenoxy) is 1. The number of tetrazole rings is 1. The van der Waals surface area contributed by atoms with Gasteiger partial charge >= 0.3 is 0 Å². The van der Waals surface area contributed by atoms with Crippen LogP contribution in [0.25, 0.3) is 44.5 Å². The number of pyridine rings is 2. The Balaban J connectivity index is 1.57. The maximum atomic E-state index is 12.1. The highest BCUT2D eigenvalue weighted by atomic mass is 32.2. The number of nitrogen functional groups attached to an aromatic ring is 1. The van der Waals surface area contributed by atoms with Gasteiger partial charge in [0.1, 0.15) is 5.82 Å². The standard InChI is InChI=1S/C24H21N7O3S/c1-3-35(32,33)18-7-4-14(5-8-18)19-11-16-10-15(6-9-21(16)27-22(19)25)17-12-20(23-28-30-31-29-23)24(34-2)26-13-17/h4-13H,3H2,1-2H3,(H2,25,27)(H,28,29,30,31). The van der Waals surface area contributed by atoms with Crippen molar-refractivity contribution in [2.24, 2.45) is 0 Å². The van der Waals surface area contributed by atoms with Crippen LogP contribution in [0.15, 0.2) is 65.7 Å². The van der Waals surface area contributed by atoms with Crippen molar-refractivity contribution in [2.45, 2.75) is 11.8 Å². The van der Waals surface area contributed by atoms with Crippen LogP contribution in [-0.2, 0) is 9.84 Å². The maximum absolute atomic E-state index is 12.1. The molecule has 0 aliphatic carbocycles. The quantitative estimate of drug-likeness (QED) is 0.367. The van der Waals surface area contributed by atoms with E-state index < -0.39 is 9.84 Å². The number of hydrogen-bond donors (Lipinski definition) is 2. The van der Waals surface area contributed by atoms with Gasteiger partial charge in [-0.15, -0.1) is 10.2 Å². The monoisotopic (exact) mass is 487 g/mol. The van der Waals surface area contributed by atoms with Gasteiger partial charge in [0.05, 0.1) is 28.8 Å². The van der Waals surface area contributed by atoms with E-state index in [0.717, 1.165) is 33.2 Å². The lowest BCUT2D eigenvalue weighted by molar-refractivity contribution is 0.399. The highest BCUT2D eigenvalue weighted by Crippen LogP contribution is 2.34. The lowest BCUT2D eigenvalue weighted by atomic mass is 10.00. The Morgan fingerprint density at radius 2 is 1.74 bits per heavy atom. The Labute approximate surface area is 201 Å². The molecular weight excluding hydrogens is 466 g/mol. The van der Waals surface area contributed by atoms with E-state index in [9.17, 15) is 8.42 Å². The van der Waals surface area contributed by atoms with Gasteiger partial charge in [0.25, 0.3) is 0 Å². The largest absolute Gasteiger partial charge is 0.480 e. The number of hydrogen-bond acceptors (Lipinski definition) is 9. The fourth-order valence-electron chi connectivity index (χ4n) is 3.82. The number of H-pyrrole nitrogens is 1. The van der Waals surface area contributed by atoms with E-state index in [1.165, 1.54) is 7.11 Å². The average molecular weight is 488 g/mol. The molecule has 0 saturated heterocycles. The number of nitrogens with two attached hydrogens (primary N) is 1. The third kappa shape index (κ3) is 4.17. The summed E-state index contributed by atoms with van der Waals surface area (Å²) in [7, 11) is -1.75. The SMILES string of the molecule is CCS(=O)(=O)c1ccc(-c2cc3cc(-c4cnc(OC)c(-c5nn[nH]n5)c4)ccc3nc2N)cc1. The Morgan fingerprint density at radius 1 is 0.971 bits per heavy atom. The number of rotatable bonds is 6. The molecule has 0 aliphatic rings. The first-order chi connectivity index (χ1) is 16.9. The molecule has 35 heavy (non-hydrogen) atoms. The minimum Gasteiger partial charge on any atom is -0.480 e. The summed E-state index contributed by atoms with van der Waals surface area (Å²) in [5.74, 6) is 1.17. The number of aromatic amines is 1. The van der Waals surface area contributed by atoms with Crippen LogP contribution in [0, 0.1) is 0 Å². The van der Waals surface area contributed by atoms with Gasteiger partial charge < -0.3 is 10.5 Å². The molecule has 5 rings (SSSR count). The van der Waals surface area contributed by atoms with Crippen LogP contribution in [0.4, 0.5) is 5.82 Å². The Kier molecular flexibility index (Phi) is 5.61. The zero-order chi connectivity index (χ0) is 24.6. The number of aromatic nitrogens is 6. The summed E-state index contributed by atoms with van der Waals surface area (Å²) in [6.07, 6.45) is 1.71. The third-order valence-electron chi connectivity index (χ3n) is 5.71. The molecule has 3 heterocycles. The van der Waals surface area contributed by atoms with Gasteiger partial charge in [-0.3, -0.25) is 0 Å². The van der Waals surface area contributed by atoms with Gasteiger partial charge in [0.15, 0.2) is 9.84 Å². The highest BCUT2D eigenvalue weighted by molar-refractivity contribution is 7.91. The van der Waals surface area contributed by atoms with Crippen molar-refractivity contribution in [2.75, 3.05) is 18.6 Å². The molecule has 2 aromatic carbocycles. The smallest absolute Gasteiger partial charge is 0.224 e. The molecule has 0 aliphatic heterocycles. The van der Waals surface area contributed by atoms with Crippen molar-refractivity contribution >= 4 is 26.6 Å². The average Bonchev–Trinajstić information content (AvgIpc) is 3.43. The van der Waals surface area contributed by atoms with Gasteiger partial charge in [0.2, 0.25) is 11.7 Å². The Hall–Kier alpha value is -4.38. The molecule has 0 radical (unpaired) electrons. The van der Waals surface area contributed by atoms with E-state index >= 15 is 0 Å². The molecule has 3 aromatic heterocycles. The number of fused-ring (bicyclic) bond motifs is 1. The van der Waals surface area contributed by atoms with Gasteiger partial charge in [0, 0.05) is 22.7 Å². The van der Waals surface area contributed by atoms with Crippen molar-refractivity contribution in [3.8, 4) is 39.5 Å².